The van der Waals surface area contributed by atoms with Gasteiger partial charge in [0.05, 0.1) is 18.2 Å². The highest BCUT2D eigenvalue weighted by Gasteiger charge is 2.31. The molecule has 1 aliphatic heterocycles. The summed E-state index contributed by atoms with van der Waals surface area (Å²) in [4.78, 5) is 14.0. The van der Waals surface area contributed by atoms with Crippen molar-refractivity contribution in [2.24, 2.45) is 0 Å². The minimum absolute atomic E-state index is 0.0337. The molecule has 1 aromatic rings. The number of benzene rings is 1. The molecule has 0 aromatic heterocycles. The van der Waals surface area contributed by atoms with Crippen molar-refractivity contribution in [1.29, 1.82) is 0 Å². The van der Waals surface area contributed by atoms with Crippen molar-refractivity contribution < 1.29 is 27.4 Å². The fourth-order valence-electron chi connectivity index (χ4n) is 2.66. The van der Waals surface area contributed by atoms with Crippen molar-refractivity contribution in [3.8, 4) is 5.75 Å². The molecule has 24 heavy (non-hydrogen) atoms. The number of nitrogens with one attached hydrogen (secondary N) is 1. The lowest BCUT2D eigenvalue weighted by molar-refractivity contribution is -0.274. The van der Waals surface area contributed by atoms with E-state index < -0.39 is 6.36 Å². The first-order chi connectivity index (χ1) is 11.1. The Kier molecular flexibility index (Phi) is 5.58. The molecule has 0 aliphatic carbocycles. The normalized spacial score (nSPS) is 22.8. The van der Waals surface area contributed by atoms with Gasteiger partial charge in [-0.25, -0.2) is 4.79 Å². The Balaban J connectivity index is 1.94. The number of nitrogens with zero attached hydrogens (tertiary/aromatic N) is 1. The van der Waals surface area contributed by atoms with Gasteiger partial charge in [-0.05, 0) is 38.5 Å². The fraction of sp³-hybridized carbons (Fsp3) is 0.562. The topological polar surface area (TPSA) is 50.8 Å². The van der Waals surface area contributed by atoms with Gasteiger partial charge in [0.25, 0.3) is 0 Å². The summed E-state index contributed by atoms with van der Waals surface area (Å²) in [6.45, 7) is 6.57. The van der Waals surface area contributed by atoms with E-state index >= 15 is 0 Å². The molecule has 8 heteroatoms. The number of rotatable bonds is 3. The van der Waals surface area contributed by atoms with Crippen LogP contribution in [0.5, 0.6) is 5.75 Å². The Hall–Kier alpha value is -1.96. The van der Waals surface area contributed by atoms with Crippen LogP contribution in [0.1, 0.15) is 32.4 Å². The second kappa shape index (κ2) is 7.29. The van der Waals surface area contributed by atoms with Gasteiger partial charge in [-0.1, -0.05) is 12.1 Å². The van der Waals surface area contributed by atoms with E-state index in [1.54, 1.807) is 11.8 Å². The molecule has 1 heterocycles. The molecule has 1 fully saturated rings. The van der Waals surface area contributed by atoms with Crippen LogP contribution in [0.3, 0.4) is 0 Å². The van der Waals surface area contributed by atoms with E-state index in [0.29, 0.717) is 18.7 Å². The number of halogens is 3. The number of hydrogen-bond donors (Lipinski definition) is 1. The number of amides is 2. The molecule has 0 unspecified atom stereocenters. The molecule has 2 rings (SSSR count). The van der Waals surface area contributed by atoms with Gasteiger partial charge >= 0.3 is 12.4 Å². The van der Waals surface area contributed by atoms with Gasteiger partial charge in [0.15, 0.2) is 0 Å². The SMILES string of the molecule is C[C@@H]1CN(C(=O)N[C@H](C)c2ccc(OC(F)(F)F)cc2)C[C@@H](C)O1. The van der Waals surface area contributed by atoms with E-state index in [1.165, 1.54) is 24.3 Å². The summed E-state index contributed by atoms with van der Waals surface area (Å²) < 4.78 is 45.8. The molecule has 1 aliphatic rings. The van der Waals surface area contributed by atoms with Crippen LogP contribution in [0.15, 0.2) is 24.3 Å². The molecule has 1 saturated heterocycles. The highest BCUT2D eigenvalue weighted by atomic mass is 19.4. The van der Waals surface area contributed by atoms with Crippen LogP contribution in [-0.4, -0.2) is 42.6 Å². The smallest absolute Gasteiger partial charge is 0.406 e. The van der Waals surface area contributed by atoms with Crippen LogP contribution >= 0.6 is 0 Å². The lowest BCUT2D eigenvalue weighted by Crippen LogP contribution is -2.52. The number of urea groups is 1. The van der Waals surface area contributed by atoms with Gasteiger partial charge < -0.3 is 19.7 Å². The maximum Gasteiger partial charge on any atom is 0.573 e. The van der Waals surface area contributed by atoms with E-state index in [-0.39, 0.29) is 30.0 Å². The molecular formula is C16H21F3N2O3. The lowest BCUT2D eigenvalue weighted by atomic mass is 10.1. The van der Waals surface area contributed by atoms with Crippen LogP contribution in [0.2, 0.25) is 0 Å². The Morgan fingerprint density at radius 3 is 2.29 bits per heavy atom. The summed E-state index contributed by atoms with van der Waals surface area (Å²) in [5, 5.41) is 2.84. The number of alkyl halides is 3. The highest BCUT2D eigenvalue weighted by molar-refractivity contribution is 5.74. The van der Waals surface area contributed by atoms with Crippen molar-refractivity contribution >= 4 is 6.03 Å². The Labute approximate surface area is 138 Å². The van der Waals surface area contributed by atoms with E-state index in [4.69, 9.17) is 4.74 Å². The van der Waals surface area contributed by atoms with Crippen LogP contribution in [0.25, 0.3) is 0 Å². The van der Waals surface area contributed by atoms with Gasteiger partial charge in [0, 0.05) is 13.1 Å². The number of hydrogen-bond acceptors (Lipinski definition) is 3. The predicted octanol–water partition coefficient (Wildman–Crippen LogP) is 3.47. The van der Waals surface area contributed by atoms with Crippen LogP contribution in [-0.2, 0) is 4.74 Å². The minimum Gasteiger partial charge on any atom is -0.406 e. The van der Waals surface area contributed by atoms with Crippen LogP contribution < -0.4 is 10.1 Å². The van der Waals surface area contributed by atoms with E-state index in [1.807, 2.05) is 13.8 Å². The highest BCUT2D eigenvalue weighted by Crippen LogP contribution is 2.24. The van der Waals surface area contributed by atoms with Gasteiger partial charge in [-0.3, -0.25) is 0 Å². The predicted molar refractivity (Wildman–Crippen MR) is 81.7 cm³/mol. The van der Waals surface area contributed by atoms with Gasteiger partial charge in [0.2, 0.25) is 0 Å². The summed E-state index contributed by atoms with van der Waals surface area (Å²) in [5.41, 5.74) is 0.687. The van der Waals surface area contributed by atoms with Crippen LogP contribution in [0.4, 0.5) is 18.0 Å². The maximum absolute atomic E-state index is 12.3. The lowest BCUT2D eigenvalue weighted by Gasteiger charge is -2.35. The second-order valence-corrected chi connectivity index (χ2v) is 5.95. The average Bonchev–Trinajstić information content (AvgIpc) is 2.45. The van der Waals surface area contributed by atoms with Crippen LogP contribution in [0, 0.1) is 0 Å². The van der Waals surface area contributed by atoms with Crippen molar-refractivity contribution in [2.75, 3.05) is 13.1 Å². The Bertz CT molecular complexity index is 553. The molecule has 5 nitrogen and oxygen atoms in total. The first-order valence-corrected chi connectivity index (χ1v) is 7.70. The quantitative estimate of drug-likeness (QED) is 0.912. The number of morpholine rings is 1. The zero-order valence-corrected chi connectivity index (χ0v) is 13.8. The van der Waals surface area contributed by atoms with Crippen molar-refractivity contribution in [2.45, 2.75) is 45.4 Å². The maximum atomic E-state index is 12.3. The summed E-state index contributed by atoms with van der Waals surface area (Å²) in [6, 6.07) is 4.88. The molecule has 1 aromatic carbocycles. The second-order valence-electron chi connectivity index (χ2n) is 5.95. The number of ether oxygens (including phenoxy) is 2. The van der Waals surface area contributed by atoms with E-state index in [0.717, 1.165) is 0 Å². The molecule has 2 amide bonds. The summed E-state index contributed by atoms with van der Waals surface area (Å²) in [6.07, 6.45) is -4.78. The summed E-state index contributed by atoms with van der Waals surface area (Å²) >= 11 is 0. The van der Waals surface area contributed by atoms with Crippen molar-refractivity contribution in [3.63, 3.8) is 0 Å². The van der Waals surface area contributed by atoms with Crippen molar-refractivity contribution in [3.05, 3.63) is 29.8 Å². The monoisotopic (exact) mass is 346 g/mol. The van der Waals surface area contributed by atoms with E-state index in [2.05, 4.69) is 10.1 Å². The molecule has 0 radical (unpaired) electrons. The molecule has 0 bridgehead atoms. The summed E-state index contributed by atoms with van der Waals surface area (Å²) in [5.74, 6) is -0.291. The molecule has 134 valence electrons. The number of carbonyl (C=O) groups excluding carboxylic acids is 1. The Morgan fingerprint density at radius 1 is 1.25 bits per heavy atom. The molecule has 0 saturated carbocycles. The zero-order chi connectivity index (χ0) is 17.9. The average molecular weight is 346 g/mol. The number of carbonyl (C=O) groups is 1. The largest absolute Gasteiger partial charge is 0.573 e. The molecular weight excluding hydrogens is 325 g/mol. The first-order valence-electron chi connectivity index (χ1n) is 7.70. The first kappa shape index (κ1) is 18.4. The molecule has 1 N–H and O–H groups in total. The third kappa shape index (κ3) is 5.30. The van der Waals surface area contributed by atoms with Gasteiger partial charge in [0.1, 0.15) is 5.75 Å². The van der Waals surface area contributed by atoms with Gasteiger partial charge in [-0.2, -0.15) is 0 Å². The van der Waals surface area contributed by atoms with Crippen molar-refractivity contribution in [1.82, 2.24) is 10.2 Å². The van der Waals surface area contributed by atoms with Gasteiger partial charge in [-0.15, -0.1) is 13.2 Å². The summed E-state index contributed by atoms with van der Waals surface area (Å²) in [7, 11) is 0. The molecule has 3 atom stereocenters. The third-order valence-corrected chi connectivity index (χ3v) is 3.66. The standard InChI is InChI=1S/C16H21F3N2O3/c1-10-8-21(9-11(2)23-10)15(22)20-12(3)13-4-6-14(7-5-13)24-16(17,18)19/h4-7,10-12H,8-9H2,1-3H3,(H,20,22)/t10-,11-,12-/m1/s1. The molecule has 0 spiro atoms. The fourth-order valence-corrected chi connectivity index (χ4v) is 2.66. The van der Waals surface area contributed by atoms with E-state index in [9.17, 15) is 18.0 Å². The third-order valence-electron chi connectivity index (χ3n) is 3.66. The zero-order valence-electron chi connectivity index (χ0n) is 13.8. The minimum atomic E-state index is -4.72. The Morgan fingerprint density at radius 2 is 1.79 bits per heavy atom.